The smallest absolute Gasteiger partial charge is 0.221 e. The van der Waals surface area contributed by atoms with Gasteiger partial charge in [0.1, 0.15) is 0 Å². The first-order chi connectivity index (χ1) is 14.6. The molecule has 1 aliphatic heterocycles. The van der Waals surface area contributed by atoms with Gasteiger partial charge in [0.15, 0.2) is 4.87 Å². The standard InChI is InChI=1S/C23H28BrNO4S2/c1-4-5-7-22-23(16-6-17-24,30(26,27)20-12-8-18(2)9-13-20)25(22)31(28,29)21-14-10-19(3)11-15-21/h6,8-16,22H,4-5,7,17H2,1-3H3/b16-6+/t22-,23+,25?/m0/s1. The van der Waals surface area contributed by atoms with Crippen molar-refractivity contribution in [3.05, 3.63) is 71.8 Å². The molecule has 0 bridgehead atoms. The van der Waals surface area contributed by atoms with E-state index in [9.17, 15) is 16.8 Å². The molecule has 0 radical (unpaired) electrons. The molecule has 168 valence electrons. The molecule has 0 N–H and O–H groups in total. The van der Waals surface area contributed by atoms with E-state index in [2.05, 4.69) is 15.9 Å². The second-order valence-electron chi connectivity index (χ2n) is 7.90. The largest absolute Gasteiger partial charge is 0.245 e. The SMILES string of the molecule is CCCC[C@@H]1N(S(=O)(=O)c2ccc(C)cc2)[C@]1(/C=C/CBr)S(=O)(=O)c1ccc(C)cc1. The van der Waals surface area contributed by atoms with Crippen LogP contribution in [0.3, 0.4) is 0 Å². The molecule has 0 amide bonds. The molecule has 8 heteroatoms. The number of allylic oxidation sites excluding steroid dienone is 1. The van der Waals surface area contributed by atoms with Gasteiger partial charge in [-0.15, -0.1) is 0 Å². The highest BCUT2D eigenvalue weighted by Gasteiger charge is 2.74. The number of hydrogen-bond acceptors (Lipinski definition) is 4. The van der Waals surface area contributed by atoms with Crippen LogP contribution in [-0.4, -0.2) is 37.4 Å². The number of sulfonamides is 1. The summed E-state index contributed by atoms with van der Waals surface area (Å²) >= 11 is 3.31. The number of unbranched alkanes of at least 4 members (excludes halogenated alkanes) is 1. The van der Waals surface area contributed by atoms with E-state index in [-0.39, 0.29) is 9.79 Å². The molecule has 0 aromatic heterocycles. The third kappa shape index (κ3) is 4.27. The summed E-state index contributed by atoms with van der Waals surface area (Å²) in [5, 5.41) is 0.428. The zero-order valence-corrected chi connectivity index (χ0v) is 21.2. The Bertz CT molecular complexity index is 1160. The van der Waals surface area contributed by atoms with Gasteiger partial charge in [-0.05, 0) is 50.6 Å². The van der Waals surface area contributed by atoms with Crippen LogP contribution in [-0.2, 0) is 19.9 Å². The second-order valence-corrected chi connectivity index (χ2v) is 12.5. The molecule has 0 aliphatic carbocycles. The number of hydrogen-bond donors (Lipinski definition) is 0. The number of alkyl halides is 1. The second kappa shape index (κ2) is 9.17. The lowest BCUT2D eigenvalue weighted by Crippen LogP contribution is -2.31. The van der Waals surface area contributed by atoms with E-state index in [0.717, 1.165) is 24.0 Å². The zero-order chi connectivity index (χ0) is 22.9. The van der Waals surface area contributed by atoms with Crippen LogP contribution < -0.4 is 0 Å². The summed E-state index contributed by atoms with van der Waals surface area (Å²) in [6.07, 6.45) is 5.27. The summed E-state index contributed by atoms with van der Waals surface area (Å²) < 4.78 is 56.2. The Hall–Kier alpha value is -1.48. The van der Waals surface area contributed by atoms with Crippen molar-refractivity contribution in [2.75, 3.05) is 5.33 Å². The Balaban J connectivity index is 2.19. The molecule has 5 nitrogen and oxygen atoms in total. The molecule has 0 spiro atoms. The van der Waals surface area contributed by atoms with E-state index in [1.807, 2.05) is 20.8 Å². The van der Waals surface area contributed by atoms with E-state index in [1.54, 1.807) is 48.6 Å². The normalized spacial score (nSPS) is 23.9. The topological polar surface area (TPSA) is 71.3 Å². The maximum atomic E-state index is 13.9. The fourth-order valence-corrected chi connectivity index (χ4v) is 8.61. The van der Waals surface area contributed by atoms with E-state index < -0.39 is 30.8 Å². The van der Waals surface area contributed by atoms with Crippen LogP contribution in [0.15, 0.2) is 70.5 Å². The fourth-order valence-electron chi connectivity index (χ4n) is 3.91. The molecule has 1 aliphatic rings. The van der Waals surface area contributed by atoms with Crippen molar-refractivity contribution >= 4 is 35.8 Å². The van der Waals surface area contributed by atoms with Gasteiger partial charge >= 0.3 is 0 Å². The Labute approximate surface area is 194 Å². The summed E-state index contributed by atoms with van der Waals surface area (Å²) in [6.45, 7) is 5.76. The molecule has 1 heterocycles. The summed E-state index contributed by atoms with van der Waals surface area (Å²) in [6, 6.07) is 12.5. The van der Waals surface area contributed by atoms with Crippen LogP contribution in [0.4, 0.5) is 0 Å². The molecule has 3 rings (SSSR count). The van der Waals surface area contributed by atoms with Crippen molar-refractivity contribution in [2.45, 2.75) is 60.7 Å². The van der Waals surface area contributed by atoms with Crippen molar-refractivity contribution in [1.29, 1.82) is 0 Å². The van der Waals surface area contributed by atoms with Crippen LogP contribution in [0.5, 0.6) is 0 Å². The predicted molar refractivity (Wildman–Crippen MR) is 128 cm³/mol. The first kappa shape index (κ1) is 24.2. The van der Waals surface area contributed by atoms with Crippen molar-refractivity contribution in [3.8, 4) is 0 Å². The zero-order valence-electron chi connectivity index (χ0n) is 18.0. The number of halogens is 1. The Morgan fingerprint density at radius 1 is 0.935 bits per heavy atom. The molecule has 2 aromatic carbocycles. The van der Waals surface area contributed by atoms with E-state index in [1.165, 1.54) is 16.4 Å². The lowest BCUT2D eigenvalue weighted by atomic mass is 10.1. The minimum atomic E-state index is -4.01. The van der Waals surface area contributed by atoms with Crippen LogP contribution in [0.25, 0.3) is 0 Å². The Kier molecular flexibility index (Phi) is 7.15. The van der Waals surface area contributed by atoms with E-state index >= 15 is 0 Å². The third-order valence-corrected chi connectivity index (χ3v) is 10.4. The maximum Gasteiger partial charge on any atom is 0.245 e. The molecule has 3 atom stereocenters. The monoisotopic (exact) mass is 525 g/mol. The summed E-state index contributed by atoms with van der Waals surface area (Å²) in [4.78, 5) is -1.40. The number of rotatable bonds is 9. The van der Waals surface area contributed by atoms with E-state index in [0.29, 0.717) is 11.8 Å². The van der Waals surface area contributed by atoms with Gasteiger partial charge in [0.2, 0.25) is 19.9 Å². The highest BCUT2D eigenvalue weighted by atomic mass is 79.9. The number of sulfone groups is 1. The first-order valence-corrected chi connectivity index (χ1v) is 14.3. The minimum absolute atomic E-state index is 0.104. The molecule has 31 heavy (non-hydrogen) atoms. The van der Waals surface area contributed by atoms with E-state index in [4.69, 9.17) is 0 Å². The van der Waals surface area contributed by atoms with Crippen LogP contribution in [0, 0.1) is 13.8 Å². The molecule has 0 saturated carbocycles. The molecule has 1 fully saturated rings. The van der Waals surface area contributed by atoms with Crippen LogP contribution in [0.1, 0.15) is 37.3 Å². The first-order valence-electron chi connectivity index (χ1n) is 10.3. The molecule has 1 unspecified atom stereocenters. The number of aryl methyl sites for hydroxylation is 2. The molecular weight excluding hydrogens is 498 g/mol. The molecule has 2 aromatic rings. The predicted octanol–water partition coefficient (Wildman–Crippen LogP) is 4.99. The minimum Gasteiger partial charge on any atom is -0.221 e. The van der Waals surface area contributed by atoms with Crippen molar-refractivity contribution in [3.63, 3.8) is 0 Å². The summed E-state index contributed by atoms with van der Waals surface area (Å²) in [5.41, 5.74) is 1.87. The van der Waals surface area contributed by atoms with Gasteiger partial charge < -0.3 is 0 Å². The average Bonchev–Trinajstić information content (AvgIpc) is 3.41. The molecular formula is C23H28BrNO4S2. The summed E-state index contributed by atoms with van der Waals surface area (Å²) in [7, 11) is -8.02. The van der Waals surface area contributed by atoms with Crippen molar-refractivity contribution in [1.82, 2.24) is 4.31 Å². The Morgan fingerprint density at radius 3 is 1.94 bits per heavy atom. The third-order valence-electron chi connectivity index (χ3n) is 5.65. The van der Waals surface area contributed by atoms with Crippen LogP contribution in [0.2, 0.25) is 0 Å². The highest BCUT2D eigenvalue weighted by Crippen LogP contribution is 2.55. The average molecular weight is 527 g/mol. The van der Waals surface area contributed by atoms with Gasteiger partial charge in [0, 0.05) is 5.33 Å². The lowest BCUT2D eigenvalue weighted by molar-refractivity contribution is 0.532. The summed E-state index contributed by atoms with van der Waals surface area (Å²) in [5.74, 6) is 0. The van der Waals surface area contributed by atoms with Gasteiger partial charge in [-0.3, -0.25) is 0 Å². The van der Waals surface area contributed by atoms with Gasteiger partial charge in [-0.25, -0.2) is 16.8 Å². The van der Waals surface area contributed by atoms with Gasteiger partial charge in [-0.1, -0.05) is 77.2 Å². The maximum absolute atomic E-state index is 13.9. The fraction of sp³-hybridized carbons (Fsp3) is 0.391. The highest BCUT2D eigenvalue weighted by molar-refractivity contribution is 9.09. The Morgan fingerprint density at radius 2 is 1.45 bits per heavy atom. The van der Waals surface area contributed by atoms with Gasteiger partial charge in [0.25, 0.3) is 0 Å². The number of benzene rings is 2. The van der Waals surface area contributed by atoms with Crippen molar-refractivity contribution in [2.24, 2.45) is 0 Å². The quantitative estimate of drug-likeness (QED) is 0.262. The van der Waals surface area contributed by atoms with Gasteiger partial charge in [0.05, 0.1) is 15.8 Å². The van der Waals surface area contributed by atoms with Gasteiger partial charge in [-0.2, -0.15) is 4.31 Å². The lowest BCUT2D eigenvalue weighted by Gasteiger charge is -2.16. The van der Waals surface area contributed by atoms with Crippen LogP contribution >= 0.6 is 15.9 Å². The molecule has 1 saturated heterocycles. The van der Waals surface area contributed by atoms with Crippen molar-refractivity contribution < 1.29 is 16.8 Å². The number of nitrogens with zero attached hydrogens (tertiary/aromatic N) is 1.